The molecule has 0 atom stereocenters. The van der Waals surface area contributed by atoms with Crippen LogP contribution < -0.4 is 10.5 Å². The van der Waals surface area contributed by atoms with Gasteiger partial charge in [-0.25, -0.2) is 0 Å². The van der Waals surface area contributed by atoms with Crippen LogP contribution >= 0.6 is 23.1 Å². The van der Waals surface area contributed by atoms with Crippen molar-refractivity contribution in [3.63, 3.8) is 0 Å². The first-order valence-electron chi connectivity index (χ1n) is 4.15. The molecular weight excluding hydrogens is 214 g/mol. The molecule has 1 heterocycles. The van der Waals surface area contributed by atoms with Crippen molar-refractivity contribution in [3.8, 4) is 5.75 Å². The number of rotatable bonds is 2. The molecule has 2 rings (SSSR count). The predicted octanol–water partition coefficient (Wildman–Crippen LogP) is 3.21. The van der Waals surface area contributed by atoms with Crippen LogP contribution in [-0.4, -0.2) is 13.4 Å². The number of hydrogen-bond acceptors (Lipinski definition) is 4. The van der Waals surface area contributed by atoms with Crippen molar-refractivity contribution >= 4 is 38.2 Å². The van der Waals surface area contributed by atoms with Crippen molar-refractivity contribution in [3.05, 3.63) is 18.2 Å². The zero-order valence-electron chi connectivity index (χ0n) is 8.03. The summed E-state index contributed by atoms with van der Waals surface area (Å²) >= 11 is 3.34. The molecular formula is C10H11NOS2. The van der Waals surface area contributed by atoms with Crippen LogP contribution in [0.5, 0.6) is 5.75 Å². The van der Waals surface area contributed by atoms with Gasteiger partial charge in [0.15, 0.2) is 0 Å². The highest BCUT2D eigenvalue weighted by molar-refractivity contribution is 7.99. The van der Waals surface area contributed by atoms with Crippen molar-refractivity contribution < 1.29 is 4.74 Å². The van der Waals surface area contributed by atoms with E-state index in [2.05, 4.69) is 6.26 Å². The molecule has 1 aromatic heterocycles. The number of anilines is 1. The van der Waals surface area contributed by atoms with Gasteiger partial charge in [0.25, 0.3) is 0 Å². The fraction of sp³-hybridized carbons (Fsp3) is 0.200. The van der Waals surface area contributed by atoms with E-state index in [9.17, 15) is 0 Å². The first kappa shape index (κ1) is 9.68. The maximum absolute atomic E-state index is 5.77. The molecule has 0 saturated heterocycles. The number of fused-ring (bicyclic) bond motifs is 1. The largest absolute Gasteiger partial charge is 0.497 e. The lowest BCUT2D eigenvalue weighted by atomic mass is 10.2. The minimum Gasteiger partial charge on any atom is -0.497 e. The van der Waals surface area contributed by atoms with Crippen LogP contribution in [0.1, 0.15) is 0 Å². The molecule has 0 radical (unpaired) electrons. The second-order valence-corrected chi connectivity index (χ2v) is 4.83. The summed E-state index contributed by atoms with van der Waals surface area (Å²) in [4.78, 5) is 1.22. The monoisotopic (exact) mass is 225 g/mol. The molecule has 0 aliphatic carbocycles. The van der Waals surface area contributed by atoms with E-state index in [-0.39, 0.29) is 0 Å². The average molecular weight is 225 g/mol. The van der Waals surface area contributed by atoms with Crippen molar-refractivity contribution in [1.82, 2.24) is 0 Å². The number of nitrogen functional groups attached to an aromatic ring is 1. The normalized spacial score (nSPS) is 10.7. The maximum atomic E-state index is 5.77. The Morgan fingerprint density at radius 2 is 2.14 bits per heavy atom. The summed E-state index contributed by atoms with van der Waals surface area (Å²) in [5.74, 6) is 0.889. The Morgan fingerprint density at radius 3 is 2.79 bits per heavy atom. The summed E-state index contributed by atoms with van der Waals surface area (Å²) in [6.45, 7) is 0. The van der Waals surface area contributed by atoms with Crippen LogP contribution in [-0.2, 0) is 0 Å². The van der Waals surface area contributed by atoms with E-state index in [0.29, 0.717) is 0 Å². The molecule has 0 spiro atoms. The van der Waals surface area contributed by atoms with Gasteiger partial charge in [-0.15, -0.1) is 23.1 Å². The maximum Gasteiger partial charge on any atom is 0.120 e. The second kappa shape index (κ2) is 3.71. The highest BCUT2D eigenvalue weighted by Gasteiger charge is 2.06. The molecule has 4 heteroatoms. The number of thiophene rings is 1. The van der Waals surface area contributed by atoms with Gasteiger partial charge in [0.05, 0.1) is 16.8 Å². The number of methoxy groups -OCH3 is 1. The molecule has 2 nitrogen and oxygen atoms in total. The van der Waals surface area contributed by atoms with E-state index < -0.39 is 0 Å². The summed E-state index contributed by atoms with van der Waals surface area (Å²) in [5.41, 5.74) is 5.77. The Bertz CT molecular complexity index is 464. The van der Waals surface area contributed by atoms with Crippen molar-refractivity contribution in [2.45, 2.75) is 4.90 Å². The number of benzene rings is 1. The lowest BCUT2D eigenvalue weighted by Crippen LogP contribution is -1.82. The molecule has 0 saturated carbocycles. The summed E-state index contributed by atoms with van der Waals surface area (Å²) in [5, 5.41) is 2.01. The van der Waals surface area contributed by atoms with Gasteiger partial charge < -0.3 is 10.5 Å². The second-order valence-electron chi connectivity index (χ2n) is 2.90. The molecule has 2 N–H and O–H groups in total. The summed E-state index contributed by atoms with van der Waals surface area (Å²) in [6.07, 6.45) is 2.06. The molecule has 0 amide bonds. The van der Waals surface area contributed by atoms with Crippen LogP contribution in [0.3, 0.4) is 0 Å². The Kier molecular flexibility index (Phi) is 2.56. The molecule has 0 aliphatic heterocycles. The third kappa shape index (κ3) is 1.55. The number of nitrogens with two attached hydrogens (primary N) is 1. The zero-order chi connectivity index (χ0) is 10.1. The fourth-order valence-corrected chi connectivity index (χ4v) is 3.11. The van der Waals surface area contributed by atoms with Gasteiger partial charge >= 0.3 is 0 Å². The number of ether oxygens (including phenoxy) is 1. The Balaban J connectivity index is 2.72. The summed E-state index contributed by atoms with van der Waals surface area (Å²) in [7, 11) is 1.68. The van der Waals surface area contributed by atoms with Gasteiger partial charge in [0, 0.05) is 4.90 Å². The number of hydrogen-bond donors (Lipinski definition) is 1. The minimum atomic E-state index is 0.851. The molecule has 0 aliphatic rings. The van der Waals surface area contributed by atoms with Gasteiger partial charge in [-0.3, -0.25) is 0 Å². The van der Waals surface area contributed by atoms with Crippen LogP contribution in [0, 0.1) is 0 Å². The molecule has 0 bridgehead atoms. The fourth-order valence-electron chi connectivity index (χ4n) is 1.38. The molecule has 1 aromatic carbocycles. The topological polar surface area (TPSA) is 35.2 Å². The van der Waals surface area contributed by atoms with Crippen molar-refractivity contribution in [1.29, 1.82) is 0 Å². The van der Waals surface area contributed by atoms with E-state index in [4.69, 9.17) is 10.5 Å². The lowest BCUT2D eigenvalue weighted by Gasteiger charge is -2.03. The highest BCUT2D eigenvalue weighted by atomic mass is 32.2. The van der Waals surface area contributed by atoms with E-state index in [1.54, 1.807) is 30.2 Å². The van der Waals surface area contributed by atoms with Crippen molar-refractivity contribution in [2.24, 2.45) is 0 Å². The Labute approximate surface area is 91.1 Å². The third-order valence-corrected chi connectivity index (χ3v) is 3.93. The van der Waals surface area contributed by atoms with E-state index >= 15 is 0 Å². The summed E-state index contributed by atoms with van der Waals surface area (Å²) in [6, 6.07) is 6.05. The zero-order valence-corrected chi connectivity index (χ0v) is 9.67. The van der Waals surface area contributed by atoms with Gasteiger partial charge in [0.1, 0.15) is 5.75 Å². The summed E-state index contributed by atoms with van der Waals surface area (Å²) < 4.78 is 6.47. The Morgan fingerprint density at radius 1 is 1.36 bits per heavy atom. The minimum absolute atomic E-state index is 0.851. The molecule has 14 heavy (non-hydrogen) atoms. The quantitative estimate of drug-likeness (QED) is 0.797. The van der Waals surface area contributed by atoms with E-state index in [1.165, 1.54) is 9.60 Å². The van der Waals surface area contributed by atoms with E-state index in [0.717, 1.165) is 16.1 Å². The lowest BCUT2D eigenvalue weighted by molar-refractivity contribution is 0.414. The van der Waals surface area contributed by atoms with Crippen LogP contribution in [0.2, 0.25) is 0 Å². The van der Waals surface area contributed by atoms with Crippen LogP contribution in [0.15, 0.2) is 23.1 Å². The van der Waals surface area contributed by atoms with Crippen LogP contribution in [0.4, 0.5) is 5.00 Å². The number of thioether (sulfide) groups is 1. The van der Waals surface area contributed by atoms with Gasteiger partial charge in [-0.2, -0.15) is 0 Å². The Hall–Kier alpha value is -0.870. The SMILES string of the molecule is COc1cc(SC)c2sc(N)cc2c1. The molecule has 2 aromatic rings. The smallest absolute Gasteiger partial charge is 0.120 e. The van der Waals surface area contributed by atoms with Gasteiger partial charge in [-0.05, 0) is 29.8 Å². The molecule has 74 valence electrons. The van der Waals surface area contributed by atoms with Crippen molar-refractivity contribution in [2.75, 3.05) is 19.1 Å². The molecule has 0 fully saturated rings. The van der Waals surface area contributed by atoms with Gasteiger partial charge in [0.2, 0.25) is 0 Å². The third-order valence-electron chi connectivity index (χ3n) is 2.03. The van der Waals surface area contributed by atoms with E-state index in [1.807, 2.05) is 18.2 Å². The first-order chi connectivity index (χ1) is 6.74. The highest BCUT2D eigenvalue weighted by Crippen LogP contribution is 2.37. The molecule has 0 unspecified atom stereocenters. The van der Waals surface area contributed by atoms with Crippen LogP contribution in [0.25, 0.3) is 10.1 Å². The standard InChI is InChI=1S/C10H11NOS2/c1-12-7-3-6-4-9(11)14-10(6)8(5-7)13-2/h3-5H,11H2,1-2H3. The average Bonchev–Trinajstić information content (AvgIpc) is 2.56. The van der Waals surface area contributed by atoms with Gasteiger partial charge in [-0.1, -0.05) is 0 Å². The predicted molar refractivity (Wildman–Crippen MR) is 64.6 cm³/mol. The first-order valence-corrected chi connectivity index (χ1v) is 6.19.